The molecule has 3 atom stereocenters. The predicted octanol–water partition coefficient (Wildman–Crippen LogP) is 6.33. The van der Waals surface area contributed by atoms with Gasteiger partial charge in [0.2, 0.25) is 10.0 Å². The van der Waals surface area contributed by atoms with Gasteiger partial charge in [0.15, 0.2) is 0 Å². The zero-order valence-corrected chi connectivity index (χ0v) is 25.9. The molecule has 4 rings (SSSR count). The number of sulfonamides is 1. The first-order chi connectivity index (χ1) is 19.3. The Morgan fingerprint density at radius 3 is 2.59 bits per heavy atom. The largest absolute Gasteiger partial charge is 0.488 e. The van der Waals surface area contributed by atoms with Gasteiger partial charge in [-0.25, -0.2) is 12.8 Å². The Morgan fingerprint density at radius 2 is 1.95 bits per heavy atom. The Bertz CT molecular complexity index is 1510. The van der Waals surface area contributed by atoms with Crippen LogP contribution in [0.25, 0.3) is 0 Å². The van der Waals surface area contributed by atoms with Crippen molar-refractivity contribution in [3.05, 3.63) is 80.8 Å². The molecule has 0 aliphatic carbocycles. The maximum Gasteiger partial charge on any atom is 0.312 e. The van der Waals surface area contributed by atoms with Crippen LogP contribution in [0.15, 0.2) is 53.4 Å². The molecule has 41 heavy (non-hydrogen) atoms. The van der Waals surface area contributed by atoms with Crippen molar-refractivity contribution in [2.45, 2.75) is 77.0 Å². The smallest absolute Gasteiger partial charge is 0.312 e. The molecule has 0 saturated carbocycles. The van der Waals surface area contributed by atoms with E-state index in [1.165, 1.54) is 24.4 Å². The first-order valence-electron chi connectivity index (χ1n) is 13.7. The van der Waals surface area contributed by atoms with Crippen LogP contribution in [0.2, 0.25) is 0 Å². The van der Waals surface area contributed by atoms with E-state index in [1.807, 2.05) is 32.0 Å². The Hall–Kier alpha value is -2.79. The number of benzene rings is 2. The summed E-state index contributed by atoms with van der Waals surface area (Å²) in [6.07, 6.45) is 0.231. The van der Waals surface area contributed by atoms with Crippen molar-refractivity contribution >= 4 is 27.3 Å². The number of para-hydroxylation sites is 1. The molecular formula is C31H38FNO6S2. The number of aryl methyl sites for hydroxylation is 1. The number of esters is 1. The zero-order valence-electron chi connectivity index (χ0n) is 24.3. The molecule has 0 radical (unpaired) electrons. The molecule has 1 aromatic heterocycles. The van der Waals surface area contributed by atoms with E-state index < -0.39 is 39.2 Å². The lowest BCUT2D eigenvalue weighted by atomic mass is 9.73. The summed E-state index contributed by atoms with van der Waals surface area (Å²) in [5, 5.41) is 10.1. The molecule has 0 fully saturated rings. The van der Waals surface area contributed by atoms with Crippen LogP contribution < -0.4 is 4.74 Å². The summed E-state index contributed by atoms with van der Waals surface area (Å²) in [5.74, 6) is -1.26. The van der Waals surface area contributed by atoms with Crippen LogP contribution in [0, 0.1) is 18.2 Å². The Morgan fingerprint density at radius 1 is 1.24 bits per heavy atom. The Kier molecular flexibility index (Phi) is 9.28. The minimum absolute atomic E-state index is 0.100. The highest BCUT2D eigenvalue weighted by molar-refractivity contribution is 7.89. The molecule has 3 aromatic rings. The third-order valence-corrected chi connectivity index (χ3v) is 10.9. The van der Waals surface area contributed by atoms with Crippen molar-refractivity contribution in [1.29, 1.82) is 0 Å². The van der Waals surface area contributed by atoms with Crippen LogP contribution in [-0.2, 0) is 26.1 Å². The quantitative estimate of drug-likeness (QED) is 0.287. The summed E-state index contributed by atoms with van der Waals surface area (Å²) in [7, 11) is -2.56. The number of rotatable bonds is 9. The highest BCUT2D eigenvalue weighted by Crippen LogP contribution is 2.46. The summed E-state index contributed by atoms with van der Waals surface area (Å²) in [6, 6.07) is 13.7. The normalized spacial score (nSPS) is 18.6. The first kappa shape index (κ1) is 31.2. The zero-order chi connectivity index (χ0) is 30.1. The Balaban J connectivity index is 1.81. The van der Waals surface area contributed by atoms with Crippen LogP contribution in [0.1, 0.15) is 79.0 Å². The number of methoxy groups -OCH3 is 1. The highest BCUT2D eigenvalue weighted by Gasteiger charge is 2.42. The van der Waals surface area contributed by atoms with Crippen molar-refractivity contribution < 1.29 is 32.2 Å². The molecular weight excluding hydrogens is 565 g/mol. The number of carbonyl (C=O) groups excluding carboxylic acids is 1. The number of aliphatic hydroxyl groups excluding tert-OH is 1. The molecule has 2 heterocycles. The molecule has 0 saturated heterocycles. The third kappa shape index (κ3) is 6.21. The highest BCUT2D eigenvalue weighted by atomic mass is 32.2. The molecule has 1 aliphatic heterocycles. The van der Waals surface area contributed by atoms with Crippen LogP contribution in [0.4, 0.5) is 4.39 Å². The fourth-order valence-corrected chi connectivity index (χ4v) is 8.30. The molecule has 2 aromatic carbocycles. The van der Waals surface area contributed by atoms with Gasteiger partial charge in [-0.2, -0.15) is 4.31 Å². The summed E-state index contributed by atoms with van der Waals surface area (Å²) >= 11 is 1.12. The lowest BCUT2D eigenvalue weighted by Gasteiger charge is -2.32. The standard InChI is InChI=1S/C31H38FNO6S2/c1-7-10-23-18-33(41(36,37)27-12-9-8-11-25(27)39-23)17-22-15-21(14-13-19(22)2)28(31(4,5)30(35)38-6)26-16-24(32)29(40-26)20(3)34/h8-9,11-16,20,23,28,34H,7,10,17-18H2,1-6H3/t20?,23-,28?/m1/s1. The van der Waals surface area contributed by atoms with E-state index in [0.717, 1.165) is 28.9 Å². The maximum absolute atomic E-state index is 14.9. The van der Waals surface area contributed by atoms with Gasteiger partial charge in [0, 0.05) is 17.3 Å². The van der Waals surface area contributed by atoms with Gasteiger partial charge in [0.05, 0.1) is 30.1 Å². The first-order valence-corrected chi connectivity index (χ1v) is 16.0. The van der Waals surface area contributed by atoms with E-state index in [4.69, 9.17) is 9.47 Å². The second kappa shape index (κ2) is 12.2. The second-order valence-electron chi connectivity index (χ2n) is 11.1. The van der Waals surface area contributed by atoms with Crippen molar-refractivity contribution in [3.8, 4) is 5.75 Å². The molecule has 222 valence electrons. The molecule has 1 N–H and O–H groups in total. The lowest BCUT2D eigenvalue weighted by molar-refractivity contribution is -0.151. The third-order valence-electron chi connectivity index (χ3n) is 7.66. The number of thiophene rings is 1. The van der Waals surface area contributed by atoms with Gasteiger partial charge in [-0.1, -0.05) is 43.7 Å². The van der Waals surface area contributed by atoms with E-state index in [1.54, 1.807) is 38.1 Å². The van der Waals surface area contributed by atoms with Gasteiger partial charge in [-0.15, -0.1) is 11.3 Å². The van der Waals surface area contributed by atoms with E-state index in [2.05, 4.69) is 0 Å². The van der Waals surface area contributed by atoms with Crippen molar-refractivity contribution in [2.24, 2.45) is 5.41 Å². The summed E-state index contributed by atoms with van der Waals surface area (Å²) in [4.78, 5) is 13.9. The number of aliphatic hydroxyl groups is 1. The maximum atomic E-state index is 14.9. The SMILES string of the molecule is CCC[C@@H]1CN(Cc2cc(C(c3cc(F)c(C(C)O)s3)C(C)(C)C(=O)OC)ccc2C)S(=O)(=O)c2ccccc2O1. The number of hydrogen-bond acceptors (Lipinski definition) is 7. The molecule has 2 unspecified atom stereocenters. The van der Waals surface area contributed by atoms with Crippen LogP contribution in [0.3, 0.4) is 0 Å². The van der Waals surface area contributed by atoms with Gasteiger partial charge in [0.1, 0.15) is 22.6 Å². The topological polar surface area (TPSA) is 93.1 Å². The fraction of sp³-hybridized carbons (Fsp3) is 0.452. The summed E-state index contributed by atoms with van der Waals surface area (Å²) in [5.41, 5.74) is 1.26. The summed E-state index contributed by atoms with van der Waals surface area (Å²) in [6.45, 7) is 9.22. The van der Waals surface area contributed by atoms with Gasteiger partial charge >= 0.3 is 5.97 Å². The number of carbonyl (C=O) groups is 1. The van der Waals surface area contributed by atoms with E-state index in [9.17, 15) is 22.7 Å². The number of nitrogens with zero attached hydrogens (tertiary/aromatic N) is 1. The predicted molar refractivity (Wildman–Crippen MR) is 157 cm³/mol. The van der Waals surface area contributed by atoms with Gasteiger partial charge in [-0.3, -0.25) is 4.79 Å². The number of ether oxygens (including phenoxy) is 2. The van der Waals surface area contributed by atoms with Crippen LogP contribution in [0.5, 0.6) is 5.75 Å². The van der Waals surface area contributed by atoms with Gasteiger partial charge in [0.25, 0.3) is 0 Å². The molecule has 1 aliphatic rings. The van der Waals surface area contributed by atoms with Crippen LogP contribution in [-0.4, -0.2) is 43.6 Å². The minimum Gasteiger partial charge on any atom is -0.488 e. The molecule has 0 bridgehead atoms. The number of hydrogen-bond donors (Lipinski definition) is 1. The van der Waals surface area contributed by atoms with Gasteiger partial charge in [-0.05, 0) is 69.0 Å². The van der Waals surface area contributed by atoms with Crippen molar-refractivity contribution in [3.63, 3.8) is 0 Å². The summed E-state index contributed by atoms with van der Waals surface area (Å²) < 4.78 is 55.3. The van der Waals surface area contributed by atoms with Crippen LogP contribution >= 0.6 is 11.3 Å². The Labute approximate surface area is 246 Å². The fourth-order valence-electron chi connectivity index (χ4n) is 5.44. The van der Waals surface area contributed by atoms with E-state index in [0.29, 0.717) is 22.6 Å². The van der Waals surface area contributed by atoms with Crippen molar-refractivity contribution in [1.82, 2.24) is 4.31 Å². The average molecular weight is 604 g/mol. The monoisotopic (exact) mass is 603 g/mol. The minimum atomic E-state index is -3.87. The van der Waals surface area contributed by atoms with Gasteiger partial charge < -0.3 is 14.6 Å². The molecule has 0 spiro atoms. The van der Waals surface area contributed by atoms with E-state index in [-0.39, 0.29) is 29.0 Å². The number of fused-ring (bicyclic) bond motifs is 1. The lowest BCUT2D eigenvalue weighted by Crippen LogP contribution is -2.37. The van der Waals surface area contributed by atoms with Crippen molar-refractivity contribution in [2.75, 3.05) is 13.7 Å². The molecule has 10 heteroatoms. The molecule has 0 amide bonds. The van der Waals surface area contributed by atoms with E-state index >= 15 is 0 Å². The second-order valence-corrected chi connectivity index (χ2v) is 14.2. The average Bonchev–Trinajstić information content (AvgIpc) is 3.26. The number of halogens is 1. The molecule has 7 nitrogen and oxygen atoms in total.